The average molecular weight is 423 g/mol. The van der Waals surface area contributed by atoms with Crippen molar-refractivity contribution in [3.63, 3.8) is 0 Å². The number of amides is 1. The van der Waals surface area contributed by atoms with Crippen molar-refractivity contribution in [1.29, 1.82) is 0 Å². The second-order valence-corrected chi connectivity index (χ2v) is 9.83. The second kappa shape index (κ2) is 10.0. The Kier molecular flexibility index (Phi) is 7.67. The fourth-order valence-corrected chi connectivity index (χ4v) is 4.92. The smallest absolute Gasteiger partial charge is 0.251 e. The minimum Gasteiger partial charge on any atom is -0.352 e. The monoisotopic (exact) mass is 422 g/mol. The van der Waals surface area contributed by atoms with Gasteiger partial charge < -0.3 is 15.1 Å². The first-order valence-electron chi connectivity index (χ1n) is 10.7. The molecule has 8 heteroatoms. The van der Waals surface area contributed by atoms with E-state index < -0.39 is 10.0 Å². The van der Waals surface area contributed by atoms with Crippen LogP contribution in [0.25, 0.3) is 0 Å². The van der Waals surface area contributed by atoms with Crippen molar-refractivity contribution in [3.8, 4) is 0 Å². The van der Waals surface area contributed by atoms with Crippen LogP contribution < -0.4 is 10.0 Å². The van der Waals surface area contributed by atoms with Crippen LogP contribution in [0.5, 0.6) is 0 Å². The highest BCUT2D eigenvalue weighted by atomic mass is 32.2. The van der Waals surface area contributed by atoms with Crippen LogP contribution in [0.2, 0.25) is 0 Å². The van der Waals surface area contributed by atoms with E-state index in [-0.39, 0.29) is 16.8 Å². The molecule has 0 aromatic heterocycles. The fourth-order valence-electron chi connectivity index (χ4n) is 3.59. The predicted octanol–water partition coefficient (Wildman–Crippen LogP) is 1.58. The Labute approximate surface area is 174 Å². The summed E-state index contributed by atoms with van der Waals surface area (Å²) in [7, 11) is -3.56. The number of benzene rings is 1. The fraction of sp³-hybridized carbons (Fsp3) is 0.667. The molecule has 29 heavy (non-hydrogen) atoms. The van der Waals surface area contributed by atoms with Crippen LogP contribution in [0.4, 0.5) is 0 Å². The molecule has 1 aliphatic heterocycles. The summed E-state index contributed by atoms with van der Waals surface area (Å²) in [5.74, 6) is -0.206. The van der Waals surface area contributed by atoms with Gasteiger partial charge in [-0.25, -0.2) is 13.1 Å². The largest absolute Gasteiger partial charge is 0.352 e. The third-order valence-electron chi connectivity index (χ3n) is 5.76. The number of piperazine rings is 1. The summed E-state index contributed by atoms with van der Waals surface area (Å²) < 4.78 is 27.5. The number of hydrogen-bond donors (Lipinski definition) is 2. The molecule has 2 fully saturated rings. The zero-order valence-electron chi connectivity index (χ0n) is 17.6. The molecular weight excluding hydrogens is 388 g/mol. The molecule has 2 N–H and O–H groups in total. The van der Waals surface area contributed by atoms with Crippen molar-refractivity contribution in [3.05, 3.63) is 29.3 Å². The molecule has 162 valence electrons. The van der Waals surface area contributed by atoms with Crippen LogP contribution in [0, 0.1) is 6.92 Å². The summed E-state index contributed by atoms with van der Waals surface area (Å²) in [6.07, 6.45) is 3.73. The van der Waals surface area contributed by atoms with E-state index in [1.165, 1.54) is 6.07 Å². The standard InChI is InChI=1S/C21H34N4O3S/c1-3-24-12-14-25(15-13-24)11-5-4-10-22-21(26)20-16-19(9-6-17(20)2)29(27,28)23-18-7-8-18/h6,9,16,18,23H,3-5,7-8,10-15H2,1-2H3,(H,22,26). The Balaban J connectivity index is 1.44. The van der Waals surface area contributed by atoms with Gasteiger partial charge in [0.1, 0.15) is 0 Å². The maximum Gasteiger partial charge on any atom is 0.251 e. The van der Waals surface area contributed by atoms with Gasteiger partial charge in [-0.2, -0.15) is 0 Å². The maximum atomic E-state index is 12.6. The highest BCUT2D eigenvalue weighted by Crippen LogP contribution is 2.23. The number of sulfonamides is 1. The van der Waals surface area contributed by atoms with E-state index in [2.05, 4.69) is 26.8 Å². The molecule has 2 aliphatic rings. The van der Waals surface area contributed by atoms with Gasteiger partial charge in [0.2, 0.25) is 10.0 Å². The number of hydrogen-bond acceptors (Lipinski definition) is 5. The van der Waals surface area contributed by atoms with Gasteiger partial charge in [-0.05, 0) is 63.4 Å². The van der Waals surface area contributed by atoms with Crippen LogP contribution in [-0.2, 0) is 10.0 Å². The van der Waals surface area contributed by atoms with Crippen LogP contribution in [0.1, 0.15) is 48.5 Å². The number of rotatable bonds is 10. The van der Waals surface area contributed by atoms with E-state index in [0.29, 0.717) is 12.1 Å². The SMILES string of the molecule is CCN1CCN(CCCCNC(=O)c2cc(S(=O)(=O)NC3CC3)ccc2C)CC1. The highest BCUT2D eigenvalue weighted by molar-refractivity contribution is 7.89. The lowest BCUT2D eigenvalue weighted by Gasteiger charge is -2.33. The molecule has 7 nitrogen and oxygen atoms in total. The normalized spacial score (nSPS) is 18.7. The molecule has 3 rings (SSSR count). The Morgan fingerprint density at radius 2 is 1.79 bits per heavy atom. The first-order valence-corrected chi connectivity index (χ1v) is 12.2. The summed E-state index contributed by atoms with van der Waals surface area (Å²) >= 11 is 0. The lowest BCUT2D eigenvalue weighted by Crippen LogP contribution is -2.46. The average Bonchev–Trinajstić information content (AvgIpc) is 3.51. The van der Waals surface area contributed by atoms with Crippen LogP contribution in [0.15, 0.2) is 23.1 Å². The number of aryl methyl sites for hydroxylation is 1. The quantitative estimate of drug-likeness (QED) is 0.560. The summed E-state index contributed by atoms with van der Waals surface area (Å²) in [6, 6.07) is 4.80. The molecule has 1 aromatic rings. The van der Waals surface area contributed by atoms with Crippen molar-refractivity contribution >= 4 is 15.9 Å². The minimum atomic E-state index is -3.56. The topological polar surface area (TPSA) is 81.8 Å². The van der Waals surface area contributed by atoms with Crippen molar-refractivity contribution in [1.82, 2.24) is 19.8 Å². The molecule has 1 saturated carbocycles. The predicted molar refractivity (Wildman–Crippen MR) is 115 cm³/mol. The van der Waals surface area contributed by atoms with Crippen molar-refractivity contribution in [2.24, 2.45) is 0 Å². The van der Waals surface area contributed by atoms with Gasteiger partial charge in [0.05, 0.1) is 4.90 Å². The van der Waals surface area contributed by atoms with Crippen molar-refractivity contribution in [2.75, 3.05) is 45.8 Å². The van der Waals surface area contributed by atoms with Gasteiger partial charge >= 0.3 is 0 Å². The van der Waals surface area contributed by atoms with Gasteiger partial charge in [-0.3, -0.25) is 4.79 Å². The highest BCUT2D eigenvalue weighted by Gasteiger charge is 2.28. The Morgan fingerprint density at radius 1 is 1.10 bits per heavy atom. The first-order chi connectivity index (χ1) is 13.9. The first kappa shape index (κ1) is 22.2. The summed E-state index contributed by atoms with van der Waals surface area (Å²) in [4.78, 5) is 17.7. The molecule has 1 saturated heterocycles. The molecule has 1 heterocycles. The third-order valence-corrected chi connectivity index (χ3v) is 7.28. The Hall–Kier alpha value is -1.48. The molecule has 0 radical (unpaired) electrons. The molecule has 0 spiro atoms. The summed E-state index contributed by atoms with van der Waals surface area (Å²) in [5, 5.41) is 2.94. The second-order valence-electron chi connectivity index (χ2n) is 8.11. The van der Waals surface area contributed by atoms with E-state index in [1.54, 1.807) is 12.1 Å². The molecule has 1 amide bonds. The van der Waals surface area contributed by atoms with Gasteiger partial charge in [-0.1, -0.05) is 13.0 Å². The van der Waals surface area contributed by atoms with Gasteiger partial charge in [-0.15, -0.1) is 0 Å². The molecular formula is C21H34N4O3S. The van der Waals surface area contributed by atoms with Crippen molar-refractivity contribution in [2.45, 2.75) is 50.5 Å². The molecule has 1 aromatic carbocycles. The maximum absolute atomic E-state index is 12.6. The Morgan fingerprint density at radius 3 is 2.45 bits per heavy atom. The molecule has 0 bridgehead atoms. The van der Waals surface area contributed by atoms with E-state index in [9.17, 15) is 13.2 Å². The summed E-state index contributed by atoms with van der Waals surface area (Å²) in [6.45, 7) is 11.3. The van der Waals surface area contributed by atoms with Gasteiger partial charge in [0, 0.05) is 44.3 Å². The van der Waals surface area contributed by atoms with E-state index in [0.717, 1.165) is 70.5 Å². The van der Waals surface area contributed by atoms with Crippen molar-refractivity contribution < 1.29 is 13.2 Å². The summed E-state index contributed by atoms with van der Waals surface area (Å²) in [5.41, 5.74) is 1.21. The van der Waals surface area contributed by atoms with E-state index >= 15 is 0 Å². The lowest BCUT2D eigenvalue weighted by molar-refractivity contribution is 0.0950. The number of nitrogens with zero attached hydrogens (tertiary/aromatic N) is 2. The number of nitrogens with one attached hydrogen (secondary N) is 2. The zero-order valence-corrected chi connectivity index (χ0v) is 18.4. The zero-order chi connectivity index (χ0) is 20.9. The molecule has 0 atom stereocenters. The molecule has 1 aliphatic carbocycles. The third kappa shape index (κ3) is 6.50. The van der Waals surface area contributed by atoms with E-state index in [4.69, 9.17) is 0 Å². The Bertz CT molecular complexity index is 800. The van der Waals surface area contributed by atoms with Crippen LogP contribution in [0.3, 0.4) is 0 Å². The lowest BCUT2D eigenvalue weighted by atomic mass is 10.1. The molecule has 0 unspecified atom stereocenters. The van der Waals surface area contributed by atoms with E-state index in [1.807, 2.05) is 6.92 Å². The van der Waals surface area contributed by atoms with Crippen LogP contribution in [-0.4, -0.2) is 76.0 Å². The number of carbonyl (C=O) groups is 1. The number of carbonyl (C=O) groups excluding carboxylic acids is 1. The van der Waals surface area contributed by atoms with Crippen LogP contribution >= 0.6 is 0 Å². The number of likely N-dealkylation sites (N-methyl/N-ethyl adjacent to an activating group) is 1. The minimum absolute atomic E-state index is 0.0449. The van der Waals surface area contributed by atoms with Gasteiger partial charge in [0.15, 0.2) is 0 Å². The van der Waals surface area contributed by atoms with Gasteiger partial charge in [0.25, 0.3) is 5.91 Å². The number of unbranched alkanes of at least 4 members (excludes halogenated alkanes) is 1.